The van der Waals surface area contributed by atoms with Gasteiger partial charge in [-0.05, 0) is 28.8 Å². The van der Waals surface area contributed by atoms with Gasteiger partial charge in [-0.2, -0.15) is 0 Å². The van der Waals surface area contributed by atoms with Gasteiger partial charge in [-0.25, -0.2) is 4.68 Å². The summed E-state index contributed by atoms with van der Waals surface area (Å²) in [6, 6.07) is 9.53. The van der Waals surface area contributed by atoms with E-state index in [1.807, 2.05) is 35.2 Å². The molecule has 0 saturated carbocycles. The van der Waals surface area contributed by atoms with Gasteiger partial charge in [-0.15, -0.1) is 5.10 Å². The summed E-state index contributed by atoms with van der Waals surface area (Å²) in [5.74, 6) is 0.0655. The average molecular weight is 315 g/mol. The van der Waals surface area contributed by atoms with Crippen molar-refractivity contribution in [3.8, 4) is 0 Å². The van der Waals surface area contributed by atoms with Crippen molar-refractivity contribution in [3.05, 3.63) is 42.2 Å². The second kappa shape index (κ2) is 7.32. The van der Waals surface area contributed by atoms with E-state index in [1.54, 1.807) is 11.8 Å². The van der Waals surface area contributed by atoms with E-state index in [4.69, 9.17) is 4.74 Å². The lowest BCUT2D eigenvalue weighted by Gasteiger charge is -2.33. The van der Waals surface area contributed by atoms with Crippen LogP contribution in [0.15, 0.2) is 36.7 Å². The molecule has 7 nitrogen and oxygen atoms in total. The van der Waals surface area contributed by atoms with Gasteiger partial charge in [0, 0.05) is 26.6 Å². The third kappa shape index (κ3) is 3.73. The van der Waals surface area contributed by atoms with Crippen LogP contribution in [0, 0.1) is 0 Å². The maximum atomic E-state index is 13.0. The van der Waals surface area contributed by atoms with Gasteiger partial charge in [0.2, 0.25) is 5.91 Å². The Balaban J connectivity index is 1.74. The molecule has 0 aliphatic carbocycles. The highest BCUT2D eigenvalue weighted by molar-refractivity contribution is 5.80. The molecule has 7 heteroatoms. The van der Waals surface area contributed by atoms with Crippen LogP contribution in [0.3, 0.4) is 0 Å². The lowest BCUT2D eigenvalue weighted by molar-refractivity contribution is -0.137. The molecule has 1 atom stereocenters. The van der Waals surface area contributed by atoms with E-state index in [0.29, 0.717) is 19.5 Å². The second-order valence-electron chi connectivity index (χ2n) is 5.76. The first-order valence-corrected chi connectivity index (χ1v) is 7.86. The fraction of sp³-hybridized carbons (Fsp3) is 0.500. The number of likely N-dealkylation sites (tertiary alicyclic amines) is 1. The molecule has 0 bridgehead atoms. The summed E-state index contributed by atoms with van der Waals surface area (Å²) in [6.07, 6.45) is 4.08. The Bertz CT molecular complexity index is 609. The van der Waals surface area contributed by atoms with E-state index in [1.165, 1.54) is 6.33 Å². The summed E-state index contributed by atoms with van der Waals surface area (Å²) in [4.78, 5) is 14.9. The third-order valence-electron chi connectivity index (χ3n) is 4.33. The maximum Gasteiger partial charge on any atom is 0.247 e. The van der Waals surface area contributed by atoms with E-state index in [-0.39, 0.29) is 12.0 Å². The summed E-state index contributed by atoms with van der Waals surface area (Å²) in [6.45, 7) is 1.43. The van der Waals surface area contributed by atoms with Crippen LogP contribution in [0.2, 0.25) is 0 Å². The molecule has 1 unspecified atom stereocenters. The van der Waals surface area contributed by atoms with Crippen LogP contribution in [0.25, 0.3) is 0 Å². The number of amides is 1. The standard InChI is InChI=1S/C16H21N5O2/c1-23-14-7-9-20(10-8-14)16(22)15(21-12-17-18-19-21)11-13-5-3-2-4-6-13/h2-6,12,14-15H,7-11H2,1H3. The summed E-state index contributed by atoms with van der Waals surface area (Å²) >= 11 is 0. The molecule has 0 radical (unpaired) electrons. The molecule has 0 N–H and O–H groups in total. The van der Waals surface area contributed by atoms with Crippen molar-refractivity contribution in [1.29, 1.82) is 0 Å². The van der Waals surface area contributed by atoms with Crippen molar-refractivity contribution in [2.45, 2.75) is 31.4 Å². The molecule has 1 aliphatic heterocycles. The van der Waals surface area contributed by atoms with E-state index >= 15 is 0 Å². The normalized spacial score (nSPS) is 17.2. The fourth-order valence-corrected chi connectivity index (χ4v) is 2.97. The van der Waals surface area contributed by atoms with Gasteiger partial charge in [0.05, 0.1) is 6.10 Å². The number of hydrogen-bond acceptors (Lipinski definition) is 5. The molecule has 1 amide bonds. The van der Waals surface area contributed by atoms with Gasteiger partial charge in [-0.1, -0.05) is 30.3 Å². The van der Waals surface area contributed by atoms with Crippen molar-refractivity contribution in [2.75, 3.05) is 20.2 Å². The predicted molar refractivity (Wildman–Crippen MR) is 83.6 cm³/mol. The largest absolute Gasteiger partial charge is 0.381 e. The Morgan fingerprint density at radius 2 is 2.04 bits per heavy atom. The molecule has 1 saturated heterocycles. The number of aromatic nitrogens is 4. The molecule has 2 heterocycles. The van der Waals surface area contributed by atoms with Crippen molar-refractivity contribution in [1.82, 2.24) is 25.1 Å². The van der Waals surface area contributed by atoms with Gasteiger partial charge in [0.15, 0.2) is 0 Å². The number of rotatable bonds is 5. The predicted octanol–water partition coefficient (Wildman–Crippen LogP) is 1.09. The number of methoxy groups -OCH3 is 1. The first kappa shape index (κ1) is 15.6. The Labute approximate surface area is 135 Å². The summed E-state index contributed by atoms with van der Waals surface area (Å²) in [5.41, 5.74) is 1.09. The van der Waals surface area contributed by atoms with E-state index < -0.39 is 6.04 Å². The SMILES string of the molecule is COC1CCN(C(=O)C(Cc2ccccc2)n2cnnn2)CC1. The van der Waals surface area contributed by atoms with Crippen molar-refractivity contribution in [2.24, 2.45) is 0 Å². The molecule has 1 aromatic heterocycles. The molecule has 1 fully saturated rings. The number of piperidine rings is 1. The maximum absolute atomic E-state index is 13.0. The highest BCUT2D eigenvalue weighted by Crippen LogP contribution is 2.20. The summed E-state index contributed by atoms with van der Waals surface area (Å²) in [7, 11) is 1.72. The van der Waals surface area contributed by atoms with Crippen LogP contribution in [0.4, 0.5) is 0 Å². The molecule has 1 aliphatic rings. The van der Waals surface area contributed by atoms with Crippen molar-refractivity contribution < 1.29 is 9.53 Å². The number of carbonyl (C=O) groups excluding carboxylic acids is 1. The highest BCUT2D eigenvalue weighted by atomic mass is 16.5. The molecule has 2 aromatic rings. The summed E-state index contributed by atoms with van der Waals surface area (Å²) < 4.78 is 6.93. The molecule has 23 heavy (non-hydrogen) atoms. The molecular formula is C16H21N5O2. The zero-order valence-electron chi connectivity index (χ0n) is 13.2. The minimum Gasteiger partial charge on any atom is -0.381 e. The molecule has 1 aromatic carbocycles. The zero-order chi connectivity index (χ0) is 16.1. The fourth-order valence-electron chi connectivity index (χ4n) is 2.97. The van der Waals surface area contributed by atoms with E-state index in [0.717, 1.165) is 18.4 Å². The van der Waals surface area contributed by atoms with Crippen LogP contribution < -0.4 is 0 Å². The number of ether oxygens (including phenoxy) is 1. The smallest absolute Gasteiger partial charge is 0.247 e. The molecule has 122 valence electrons. The Kier molecular flexibility index (Phi) is 4.97. The van der Waals surface area contributed by atoms with Crippen LogP contribution in [0.5, 0.6) is 0 Å². The lowest BCUT2D eigenvalue weighted by atomic mass is 10.0. The Morgan fingerprint density at radius 3 is 2.65 bits per heavy atom. The van der Waals surface area contributed by atoms with Crippen LogP contribution in [-0.4, -0.2) is 57.3 Å². The van der Waals surface area contributed by atoms with E-state index in [2.05, 4.69) is 15.5 Å². The Morgan fingerprint density at radius 1 is 1.30 bits per heavy atom. The zero-order valence-corrected chi connectivity index (χ0v) is 13.2. The number of nitrogens with zero attached hydrogens (tertiary/aromatic N) is 5. The van der Waals surface area contributed by atoms with Gasteiger partial charge in [0.25, 0.3) is 0 Å². The van der Waals surface area contributed by atoms with Gasteiger partial charge in [-0.3, -0.25) is 4.79 Å². The highest BCUT2D eigenvalue weighted by Gasteiger charge is 2.30. The Hall–Kier alpha value is -2.28. The number of carbonyl (C=O) groups is 1. The molecule has 0 spiro atoms. The first-order chi connectivity index (χ1) is 11.3. The number of tetrazole rings is 1. The minimum absolute atomic E-state index is 0.0655. The number of hydrogen-bond donors (Lipinski definition) is 0. The quantitative estimate of drug-likeness (QED) is 0.826. The van der Waals surface area contributed by atoms with E-state index in [9.17, 15) is 4.79 Å². The minimum atomic E-state index is -0.411. The van der Waals surface area contributed by atoms with Gasteiger partial charge in [0.1, 0.15) is 12.4 Å². The van der Waals surface area contributed by atoms with Crippen LogP contribution >= 0.6 is 0 Å². The van der Waals surface area contributed by atoms with Gasteiger partial charge >= 0.3 is 0 Å². The lowest BCUT2D eigenvalue weighted by Crippen LogP contribution is -2.44. The monoisotopic (exact) mass is 315 g/mol. The molecule has 3 rings (SSSR count). The van der Waals surface area contributed by atoms with Crippen LogP contribution in [-0.2, 0) is 16.0 Å². The second-order valence-corrected chi connectivity index (χ2v) is 5.76. The van der Waals surface area contributed by atoms with Crippen LogP contribution in [0.1, 0.15) is 24.4 Å². The number of benzene rings is 1. The first-order valence-electron chi connectivity index (χ1n) is 7.86. The summed E-state index contributed by atoms with van der Waals surface area (Å²) in [5, 5.41) is 11.3. The third-order valence-corrected chi connectivity index (χ3v) is 4.33. The average Bonchev–Trinajstić information content (AvgIpc) is 3.14. The molecular weight excluding hydrogens is 294 g/mol. The van der Waals surface area contributed by atoms with Gasteiger partial charge < -0.3 is 9.64 Å². The van der Waals surface area contributed by atoms with Crippen molar-refractivity contribution >= 4 is 5.91 Å². The topological polar surface area (TPSA) is 73.1 Å². The van der Waals surface area contributed by atoms with Crippen molar-refractivity contribution in [3.63, 3.8) is 0 Å².